The second kappa shape index (κ2) is 9.69. The van der Waals surface area contributed by atoms with E-state index >= 15 is 0 Å². The summed E-state index contributed by atoms with van der Waals surface area (Å²) in [6, 6.07) is 12.8. The molecule has 0 amide bonds. The molecule has 2 aromatic carbocycles. The molecule has 0 radical (unpaired) electrons. The molecule has 1 fully saturated rings. The lowest BCUT2D eigenvalue weighted by Crippen LogP contribution is -2.28. The Balaban J connectivity index is 1.90. The molecule has 152 valence electrons. The average molecular weight is 386 g/mol. The third kappa shape index (κ3) is 4.53. The number of rotatable bonds is 7. The Kier molecular flexibility index (Phi) is 7.04. The first-order valence-corrected chi connectivity index (χ1v) is 9.87. The fraction of sp³-hybridized carbons (Fsp3) is 0.478. The summed E-state index contributed by atoms with van der Waals surface area (Å²) in [4.78, 5) is 2.55. The highest BCUT2D eigenvalue weighted by Crippen LogP contribution is 2.38. The molecule has 1 saturated heterocycles. The molecule has 0 spiro atoms. The Morgan fingerprint density at radius 1 is 0.786 bits per heavy atom. The zero-order chi connectivity index (χ0) is 19.9. The molecule has 0 bridgehead atoms. The molecule has 5 nitrogen and oxygen atoms in total. The first-order chi connectivity index (χ1) is 13.7. The van der Waals surface area contributed by atoms with Crippen molar-refractivity contribution in [2.24, 2.45) is 0 Å². The van der Waals surface area contributed by atoms with Gasteiger partial charge < -0.3 is 18.9 Å². The number of methoxy groups -OCH3 is 4. The Morgan fingerprint density at radius 2 is 1.46 bits per heavy atom. The third-order valence-electron chi connectivity index (χ3n) is 5.52. The predicted octanol–water partition coefficient (Wildman–Crippen LogP) is 4.84. The molecule has 5 heteroatoms. The van der Waals surface area contributed by atoms with Gasteiger partial charge in [0.15, 0.2) is 11.5 Å². The lowest BCUT2D eigenvalue weighted by Gasteiger charge is -2.31. The minimum absolute atomic E-state index is 0.381. The maximum Gasteiger partial charge on any atom is 0.164 e. The van der Waals surface area contributed by atoms with Gasteiger partial charge in [-0.1, -0.05) is 25.0 Å². The van der Waals surface area contributed by atoms with Crippen LogP contribution in [0.4, 0.5) is 0 Å². The van der Waals surface area contributed by atoms with Crippen LogP contribution in [0.25, 0.3) is 0 Å². The fourth-order valence-corrected chi connectivity index (χ4v) is 4.00. The van der Waals surface area contributed by atoms with Crippen molar-refractivity contribution in [3.63, 3.8) is 0 Å². The van der Waals surface area contributed by atoms with Crippen LogP contribution in [0.5, 0.6) is 23.0 Å². The van der Waals surface area contributed by atoms with Crippen molar-refractivity contribution in [3.05, 3.63) is 47.5 Å². The summed E-state index contributed by atoms with van der Waals surface area (Å²) in [5.41, 5.74) is 2.45. The molecule has 1 aliphatic heterocycles. The average Bonchev–Trinajstić information content (AvgIpc) is 2.98. The van der Waals surface area contributed by atoms with Gasteiger partial charge in [0, 0.05) is 24.2 Å². The van der Waals surface area contributed by atoms with Crippen LogP contribution in [0.3, 0.4) is 0 Å². The van der Waals surface area contributed by atoms with Crippen LogP contribution < -0.4 is 18.9 Å². The fourth-order valence-electron chi connectivity index (χ4n) is 4.00. The molecule has 1 atom stereocenters. The first-order valence-electron chi connectivity index (χ1n) is 9.87. The monoisotopic (exact) mass is 385 g/mol. The molecule has 1 aliphatic rings. The van der Waals surface area contributed by atoms with E-state index in [9.17, 15) is 0 Å². The van der Waals surface area contributed by atoms with E-state index in [0.717, 1.165) is 42.3 Å². The van der Waals surface area contributed by atoms with Gasteiger partial charge in [-0.05, 0) is 43.1 Å². The molecule has 2 aromatic rings. The highest BCUT2D eigenvalue weighted by molar-refractivity contribution is 5.50. The van der Waals surface area contributed by atoms with Crippen molar-refractivity contribution in [3.8, 4) is 23.0 Å². The third-order valence-corrected chi connectivity index (χ3v) is 5.52. The standard InChI is InChI=1S/C23H31NO4/c1-25-19-11-9-17(10-12-19)20-8-6-5-7-13-24(20)16-18-14-22(27-3)23(28-4)15-21(18)26-2/h9-12,14-15,20H,5-8,13,16H2,1-4H3/t20-/m1/s1. The highest BCUT2D eigenvalue weighted by Gasteiger charge is 2.24. The minimum Gasteiger partial charge on any atom is -0.497 e. The topological polar surface area (TPSA) is 40.2 Å². The zero-order valence-electron chi connectivity index (χ0n) is 17.4. The first kappa shape index (κ1) is 20.3. The molecular weight excluding hydrogens is 354 g/mol. The van der Waals surface area contributed by atoms with E-state index in [0.29, 0.717) is 11.8 Å². The van der Waals surface area contributed by atoms with Gasteiger partial charge in [0.2, 0.25) is 0 Å². The van der Waals surface area contributed by atoms with Crippen LogP contribution in [0, 0.1) is 0 Å². The van der Waals surface area contributed by atoms with Gasteiger partial charge in [-0.15, -0.1) is 0 Å². The van der Waals surface area contributed by atoms with E-state index in [4.69, 9.17) is 18.9 Å². The smallest absolute Gasteiger partial charge is 0.164 e. The SMILES string of the molecule is COc1ccc([C@H]2CCCCCN2Cc2cc(OC)c(OC)cc2OC)cc1. The van der Waals surface area contributed by atoms with E-state index in [1.54, 1.807) is 28.4 Å². The van der Waals surface area contributed by atoms with Crippen LogP contribution in [-0.2, 0) is 6.54 Å². The van der Waals surface area contributed by atoms with Gasteiger partial charge in [-0.3, -0.25) is 4.90 Å². The Hall–Kier alpha value is -2.40. The van der Waals surface area contributed by atoms with Gasteiger partial charge in [-0.2, -0.15) is 0 Å². The molecule has 0 unspecified atom stereocenters. The molecule has 1 heterocycles. The number of benzene rings is 2. The molecule has 28 heavy (non-hydrogen) atoms. The molecule has 0 aliphatic carbocycles. The van der Waals surface area contributed by atoms with Gasteiger partial charge in [0.1, 0.15) is 11.5 Å². The van der Waals surface area contributed by atoms with Gasteiger partial charge >= 0.3 is 0 Å². The maximum absolute atomic E-state index is 5.65. The van der Waals surface area contributed by atoms with E-state index < -0.39 is 0 Å². The van der Waals surface area contributed by atoms with E-state index in [-0.39, 0.29) is 0 Å². The maximum atomic E-state index is 5.65. The number of likely N-dealkylation sites (tertiary alicyclic amines) is 1. The second-order valence-corrected chi connectivity index (χ2v) is 7.13. The lowest BCUT2D eigenvalue weighted by atomic mass is 10.00. The predicted molar refractivity (Wildman–Crippen MR) is 111 cm³/mol. The van der Waals surface area contributed by atoms with Crippen molar-refractivity contribution >= 4 is 0 Å². The molecule has 0 aromatic heterocycles. The zero-order valence-corrected chi connectivity index (χ0v) is 17.4. The summed E-state index contributed by atoms with van der Waals surface area (Å²) in [6.45, 7) is 1.87. The largest absolute Gasteiger partial charge is 0.497 e. The number of nitrogens with zero attached hydrogens (tertiary/aromatic N) is 1. The van der Waals surface area contributed by atoms with Crippen molar-refractivity contribution in [2.75, 3.05) is 35.0 Å². The van der Waals surface area contributed by atoms with Crippen LogP contribution in [-0.4, -0.2) is 39.9 Å². The van der Waals surface area contributed by atoms with Crippen molar-refractivity contribution in [1.82, 2.24) is 4.90 Å². The lowest BCUT2D eigenvalue weighted by molar-refractivity contribution is 0.189. The number of ether oxygens (including phenoxy) is 4. The molecule has 3 rings (SSSR count). The minimum atomic E-state index is 0.381. The number of hydrogen-bond acceptors (Lipinski definition) is 5. The van der Waals surface area contributed by atoms with Crippen molar-refractivity contribution in [2.45, 2.75) is 38.3 Å². The Morgan fingerprint density at radius 3 is 2.11 bits per heavy atom. The van der Waals surface area contributed by atoms with Crippen LogP contribution in [0.15, 0.2) is 36.4 Å². The summed E-state index contributed by atoms with van der Waals surface area (Å²) in [5, 5.41) is 0. The Labute approximate surface area is 168 Å². The summed E-state index contributed by atoms with van der Waals surface area (Å²) in [7, 11) is 6.72. The molecule has 0 N–H and O–H groups in total. The van der Waals surface area contributed by atoms with E-state index in [1.165, 1.54) is 24.8 Å². The van der Waals surface area contributed by atoms with Crippen LogP contribution in [0.1, 0.15) is 42.9 Å². The summed E-state index contributed by atoms with van der Waals surface area (Å²) in [5.74, 6) is 3.14. The van der Waals surface area contributed by atoms with Crippen molar-refractivity contribution in [1.29, 1.82) is 0 Å². The van der Waals surface area contributed by atoms with Gasteiger partial charge in [0.25, 0.3) is 0 Å². The summed E-state index contributed by atoms with van der Waals surface area (Å²) >= 11 is 0. The van der Waals surface area contributed by atoms with Gasteiger partial charge in [0.05, 0.1) is 28.4 Å². The number of hydrogen-bond donors (Lipinski definition) is 0. The van der Waals surface area contributed by atoms with E-state index in [1.807, 2.05) is 12.1 Å². The quantitative estimate of drug-likeness (QED) is 0.682. The van der Waals surface area contributed by atoms with Crippen LogP contribution in [0.2, 0.25) is 0 Å². The Bertz CT molecular complexity index is 760. The highest BCUT2D eigenvalue weighted by atomic mass is 16.5. The molecule has 0 saturated carbocycles. The normalized spacial score (nSPS) is 17.6. The van der Waals surface area contributed by atoms with Crippen molar-refractivity contribution < 1.29 is 18.9 Å². The summed E-state index contributed by atoms with van der Waals surface area (Å²) < 4.78 is 21.9. The summed E-state index contributed by atoms with van der Waals surface area (Å²) in [6.07, 6.45) is 4.88. The van der Waals surface area contributed by atoms with Crippen LogP contribution >= 0.6 is 0 Å². The van der Waals surface area contributed by atoms with E-state index in [2.05, 4.69) is 29.2 Å². The van der Waals surface area contributed by atoms with Gasteiger partial charge in [-0.25, -0.2) is 0 Å². The molecular formula is C23H31NO4. The second-order valence-electron chi connectivity index (χ2n) is 7.13.